The van der Waals surface area contributed by atoms with Crippen molar-refractivity contribution < 1.29 is 23.9 Å². The van der Waals surface area contributed by atoms with E-state index in [-0.39, 0.29) is 25.3 Å². The van der Waals surface area contributed by atoms with Gasteiger partial charge in [0.05, 0.1) is 0 Å². The van der Waals surface area contributed by atoms with Crippen molar-refractivity contribution in [2.24, 2.45) is 5.73 Å². The van der Waals surface area contributed by atoms with Crippen molar-refractivity contribution in [3.63, 3.8) is 0 Å². The van der Waals surface area contributed by atoms with Gasteiger partial charge in [-0.15, -0.1) is 0 Å². The summed E-state index contributed by atoms with van der Waals surface area (Å²) in [6, 6.07) is 7.00. The number of ether oxygens (including phenoxy) is 1. The molecule has 0 spiro atoms. The maximum absolute atomic E-state index is 13.9. The number of carbonyl (C=O) groups excluding carboxylic acids is 4. The van der Waals surface area contributed by atoms with Gasteiger partial charge >= 0.3 is 6.09 Å². The van der Waals surface area contributed by atoms with Crippen LogP contribution in [0.15, 0.2) is 30.3 Å². The van der Waals surface area contributed by atoms with Gasteiger partial charge in [0, 0.05) is 18.5 Å². The second-order valence-corrected chi connectivity index (χ2v) is 10.6. The summed E-state index contributed by atoms with van der Waals surface area (Å²) in [7, 11) is 0. The highest BCUT2D eigenvalue weighted by Crippen LogP contribution is 2.25. The number of carbonyl (C=O) groups is 4. The molecule has 0 aromatic heterocycles. The van der Waals surface area contributed by atoms with Crippen molar-refractivity contribution in [2.75, 3.05) is 6.54 Å². The van der Waals surface area contributed by atoms with Crippen LogP contribution in [0.4, 0.5) is 4.79 Å². The predicted octanol–water partition coefficient (Wildman–Crippen LogP) is 3.43. The Hall–Kier alpha value is -3.10. The largest absolute Gasteiger partial charge is 0.444 e. The fraction of sp³-hybridized carbons (Fsp3) is 0.615. The molecule has 0 bridgehead atoms. The first-order valence-corrected chi connectivity index (χ1v) is 12.1. The van der Waals surface area contributed by atoms with Crippen molar-refractivity contribution in [1.29, 1.82) is 0 Å². The van der Waals surface area contributed by atoms with Gasteiger partial charge in [0.2, 0.25) is 17.7 Å². The number of nitrogens with zero attached hydrogens (tertiary/aromatic N) is 1. The van der Waals surface area contributed by atoms with E-state index in [4.69, 9.17) is 10.5 Å². The number of alkyl carbamates (subject to hydrolysis) is 1. The summed E-state index contributed by atoms with van der Waals surface area (Å²) in [6.45, 7) is 13.0. The molecular formula is C26H42N4O5. The number of benzene rings is 1. The number of rotatable bonds is 11. The summed E-state index contributed by atoms with van der Waals surface area (Å²) in [5, 5.41) is 5.56. The molecule has 0 heterocycles. The van der Waals surface area contributed by atoms with E-state index in [9.17, 15) is 19.2 Å². The van der Waals surface area contributed by atoms with Crippen LogP contribution in [0.5, 0.6) is 0 Å². The predicted molar refractivity (Wildman–Crippen MR) is 135 cm³/mol. The molecule has 9 heteroatoms. The summed E-state index contributed by atoms with van der Waals surface area (Å²) >= 11 is 0. The second-order valence-electron chi connectivity index (χ2n) is 10.6. The minimum atomic E-state index is -1.09. The maximum Gasteiger partial charge on any atom is 0.408 e. The molecular weight excluding hydrogens is 448 g/mol. The molecule has 2 unspecified atom stereocenters. The Morgan fingerprint density at radius 2 is 1.63 bits per heavy atom. The first-order valence-electron chi connectivity index (χ1n) is 12.1. The van der Waals surface area contributed by atoms with Gasteiger partial charge in [0.15, 0.2) is 0 Å². The molecule has 2 atom stereocenters. The fourth-order valence-corrected chi connectivity index (χ4v) is 3.44. The lowest BCUT2D eigenvalue weighted by atomic mass is 9.99. The van der Waals surface area contributed by atoms with E-state index in [1.165, 1.54) is 4.90 Å². The third-order valence-electron chi connectivity index (χ3n) is 4.88. The summed E-state index contributed by atoms with van der Waals surface area (Å²) in [5.41, 5.74) is 4.67. The van der Waals surface area contributed by atoms with E-state index in [0.717, 1.165) is 6.42 Å². The summed E-state index contributed by atoms with van der Waals surface area (Å²) in [4.78, 5) is 52.8. The van der Waals surface area contributed by atoms with Crippen LogP contribution < -0.4 is 16.4 Å². The van der Waals surface area contributed by atoms with E-state index >= 15 is 0 Å². The van der Waals surface area contributed by atoms with E-state index in [1.54, 1.807) is 45.0 Å². The Kier molecular flexibility index (Phi) is 11.2. The summed E-state index contributed by atoms with van der Waals surface area (Å²) < 4.78 is 5.33. The van der Waals surface area contributed by atoms with Crippen LogP contribution in [-0.4, -0.2) is 52.4 Å². The Labute approximate surface area is 209 Å². The molecule has 0 saturated carbocycles. The fourth-order valence-electron chi connectivity index (χ4n) is 3.44. The van der Waals surface area contributed by atoms with Gasteiger partial charge in [-0.2, -0.15) is 0 Å². The lowest BCUT2D eigenvalue weighted by Gasteiger charge is -2.36. The number of hydrogen-bond donors (Lipinski definition) is 3. The third kappa shape index (κ3) is 11.2. The van der Waals surface area contributed by atoms with Crippen molar-refractivity contribution >= 4 is 23.8 Å². The molecule has 196 valence electrons. The highest BCUT2D eigenvalue weighted by molar-refractivity contribution is 5.92. The van der Waals surface area contributed by atoms with Crippen LogP contribution in [0.1, 0.15) is 85.8 Å². The number of nitrogens with one attached hydrogen (secondary N) is 2. The standard InChI is InChI=1S/C26H42N4O5/c1-8-9-17-30(21(18-13-11-10-12-14-18)22(32)29-25(2,3)4)23(33)19(15-16-20(27)31)28-24(34)35-26(5,6)7/h10-14,19,21H,8-9,15-17H2,1-7H3,(H2,27,31)(H,28,34)(H,29,32). The smallest absolute Gasteiger partial charge is 0.408 e. The zero-order valence-electron chi connectivity index (χ0n) is 22.1. The topological polar surface area (TPSA) is 131 Å². The summed E-state index contributed by atoms with van der Waals surface area (Å²) in [6.07, 6.45) is 0.521. The number of unbranched alkanes of at least 4 members (excludes halogenated alkanes) is 1. The van der Waals surface area contributed by atoms with Crippen LogP contribution in [0, 0.1) is 0 Å². The monoisotopic (exact) mass is 490 g/mol. The van der Waals surface area contributed by atoms with Gasteiger partial charge in [-0.05, 0) is 59.9 Å². The highest BCUT2D eigenvalue weighted by Gasteiger charge is 2.37. The summed E-state index contributed by atoms with van der Waals surface area (Å²) in [5.74, 6) is -1.42. The van der Waals surface area contributed by atoms with Gasteiger partial charge in [-0.3, -0.25) is 14.4 Å². The van der Waals surface area contributed by atoms with Crippen molar-refractivity contribution in [1.82, 2.24) is 15.5 Å². The van der Waals surface area contributed by atoms with E-state index in [1.807, 2.05) is 33.8 Å². The average molecular weight is 491 g/mol. The molecule has 1 aromatic rings. The SMILES string of the molecule is CCCCN(C(=O)C(CCC(N)=O)NC(=O)OC(C)(C)C)C(C(=O)NC(C)(C)C)c1ccccc1. The van der Waals surface area contributed by atoms with Crippen LogP contribution >= 0.6 is 0 Å². The molecule has 1 aromatic carbocycles. The normalized spacial score (nSPS) is 13.3. The third-order valence-corrected chi connectivity index (χ3v) is 4.88. The van der Waals surface area contributed by atoms with Crippen LogP contribution in [0.3, 0.4) is 0 Å². The first kappa shape index (κ1) is 29.9. The average Bonchev–Trinajstić information content (AvgIpc) is 2.71. The first-order chi connectivity index (χ1) is 16.1. The van der Waals surface area contributed by atoms with Crippen LogP contribution in [0.25, 0.3) is 0 Å². The maximum atomic E-state index is 13.9. The molecule has 0 fully saturated rings. The lowest BCUT2D eigenvalue weighted by molar-refractivity contribution is -0.143. The zero-order valence-corrected chi connectivity index (χ0v) is 22.1. The van der Waals surface area contributed by atoms with E-state index in [0.29, 0.717) is 12.0 Å². The molecule has 0 radical (unpaired) electrons. The Morgan fingerprint density at radius 3 is 2.11 bits per heavy atom. The number of nitrogens with two attached hydrogens (primary N) is 1. The quantitative estimate of drug-likeness (QED) is 0.437. The van der Waals surface area contributed by atoms with E-state index in [2.05, 4.69) is 10.6 Å². The van der Waals surface area contributed by atoms with E-state index < -0.39 is 41.1 Å². The van der Waals surface area contributed by atoms with Crippen molar-refractivity contribution in [3.05, 3.63) is 35.9 Å². The number of primary amides is 1. The van der Waals surface area contributed by atoms with Gasteiger partial charge in [0.25, 0.3) is 0 Å². The minimum Gasteiger partial charge on any atom is -0.444 e. The van der Waals surface area contributed by atoms with Crippen molar-refractivity contribution in [2.45, 2.75) is 97.4 Å². The molecule has 1 rings (SSSR count). The Bertz CT molecular complexity index is 859. The molecule has 9 nitrogen and oxygen atoms in total. The highest BCUT2D eigenvalue weighted by atomic mass is 16.6. The van der Waals surface area contributed by atoms with Gasteiger partial charge in [0.1, 0.15) is 17.7 Å². The zero-order chi connectivity index (χ0) is 26.8. The number of hydrogen-bond acceptors (Lipinski definition) is 5. The Morgan fingerprint density at radius 1 is 1.03 bits per heavy atom. The van der Waals surface area contributed by atoms with Gasteiger partial charge in [-0.1, -0.05) is 43.7 Å². The molecule has 0 aliphatic rings. The van der Waals surface area contributed by atoms with Crippen molar-refractivity contribution in [3.8, 4) is 0 Å². The van der Waals surface area contributed by atoms with Gasteiger partial charge in [-0.25, -0.2) is 4.79 Å². The van der Waals surface area contributed by atoms with Crippen LogP contribution in [0.2, 0.25) is 0 Å². The molecule has 0 aliphatic carbocycles. The molecule has 0 saturated heterocycles. The molecule has 35 heavy (non-hydrogen) atoms. The number of amides is 4. The molecule has 4 amide bonds. The van der Waals surface area contributed by atoms with Gasteiger partial charge < -0.3 is 26.0 Å². The van der Waals surface area contributed by atoms with Crippen LogP contribution in [-0.2, 0) is 19.1 Å². The minimum absolute atomic E-state index is 0.0154. The molecule has 0 aliphatic heterocycles. The lowest BCUT2D eigenvalue weighted by Crippen LogP contribution is -2.55. The second kappa shape index (κ2) is 13.1. The Balaban J connectivity index is 3.44. The molecule has 4 N–H and O–H groups in total.